The molecule has 0 fully saturated rings. The Balaban J connectivity index is 1.57. The second kappa shape index (κ2) is 9.72. The molecular weight excluding hydrogens is 338 g/mol. The summed E-state index contributed by atoms with van der Waals surface area (Å²) in [5.41, 5.74) is 4.26. The van der Waals surface area contributed by atoms with Crippen LogP contribution >= 0.6 is 0 Å². The van der Waals surface area contributed by atoms with Gasteiger partial charge in [-0.05, 0) is 30.9 Å². The first-order valence-corrected chi connectivity index (χ1v) is 9.54. The molecule has 4 heteroatoms. The van der Waals surface area contributed by atoms with Crippen LogP contribution in [0.3, 0.4) is 0 Å². The molecule has 1 N–H and O–H groups in total. The molecule has 140 valence electrons. The minimum Gasteiger partial charge on any atom is -0.481 e. The van der Waals surface area contributed by atoms with Crippen LogP contribution in [-0.4, -0.2) is 16.1 Å². The van der Waals surface area contributed by atoms with Crippen molar-refractivity contribution in [1.29, 1.82) is 0 Å². The summed E-state index contributed by atoms with van der Waals surface area (Å²) in [6, 6.07) is 18.5. The molecule has 0 aliphatic rings. The van der Waals surface area contributed by atoms with E-state index in [9.17, 15) is 4.79 Å². The number of rotatable bonds is 10. The van der Waals surface area contributed by atoms with E-state index in [-0.39, 0.29) is 6.42 Å². The van der Waals surface area contributed by atoms with Crippen molar-refractivity contribution in [1.82, 2.24) is 4.98 Å². The van der Waals surface area contributed by atoms with Gasteiger partial charge in [0.2, 0.25) is 0 Å². The third-order valence-electron chi connectivity index (χ3n) is 4.66. The zero-order chi connectivity index (χ0) is 18.9. The topological polar surface area (TPSA) is 63.3 Å². The van der Waals surface area contributed by atoms with Crippen molar-refractivity contribution in [3.63, 3.8) is 0 Å². The van der Waals surface area contributed by atoms with Gasteiger partial charge < -0.3 is 9.52 Å². The minimum absolute atomic E-state index is 0.281. The van der Waals surface area contributed by atoms with Gasteiger partial charge in [0.05, 0.1) is 0 Å². The van der Waals surface area contributed by atoms with Crippen molar-refractivity contribution < 1.29 is 14.3 Å². The number of hydrogen-bond donors (Lipinski definition) is 1. The molecule has 0 aliphatic heterocycles. The molecule has 3 aromatic rings. The number of aromatic nitrogens is 1. The molecule has 0 saturated heterocycles. The summed E-state index contributed by atoms with van der Waals surface area (Å²) < 4.78 is 5.64. The van der Waals surface area contributed by atoms with Crippen molar-refractivity contribution in [3.8, 4) is 22.6 Å². The lowest BCUT2D eigenvalue weighted by Crippen LogP contribution is -1.93. The summed E-state index contributed by atoms with van der Waals surface area (Å²) in [7, 11) is 0. The fraction of sp³-hybridized carbons (Fsp3) is 0.304. The first-order chi connectivity index (χ1) is 13.2. The van der Waals surface area contributed by atoms with E-state index in [4.69, 9.17) is 9.52 Å². The number of carboxylic acids is 1. The monoisotopic (exact) mass is 363 g/mol. The average Bonchev–Trinajstić information content (AvgIpc) is 3.18. The van der Waals surface area contributed by atoms with Crippen LogP contribution in [0.4, 0.5) is 0 Å². The van der Waals surface area contributed by atoms with Gasteiger partial charge in [-0.15, -0.1) is 0 Å². The number of nitrogens with zero attached hydrogens (tertiary/aromatic N) is 1. The lowest BCUT2D eigenvalue weighted by atomic mass is 10.0. The third-order valence-corrected chi connectivity index (χ3v) is 4.66. The Hall–Kier alpha value is -2.88. The van der Waals surface area contributed by atoms with Gasteiger partial charge in [-0.1, -0.05) is 67.8 Å². The van der Waals surface area contributed by atoms with Crippen LogP contribution in [0.1, 0.15) is 44.1 Å². The number of benzene rings is 2. The van der Waals surface area contributed by atoms with Gasteiger partial charge in [0.1, 0.15) is 5.69 Å². The maximum atomic E-state index is 10.5. The molecule has 0 spiro atoms. The molecule has 4 nitrogen and oxygen atoms in total. The maximum absolute atomic E-state index is 10.5. The van der Waals surface area contributed by atoms with Gasteiger partial charge >= 0.3 is 5.97 Å². The van der Waals surface area contributed by atoms with Crippen molar-refractivity contribution in [2.24, 2.45) is 0 Å². The fourth-order valence-corrected chi connectivity index (χ4v) is 3.26. The molecule has 0 radical (unpaired) electrons. The highest BCUT2D eigenvalue weighted by Gasteiger charge is 2.12. The summed E-state index contributed by atoms with van der Waals surface area (Å²) in [4.78, 5) is 14.9. The lowest BCUT2D eigenvalue weighted by Gasteiger charge is -2.06. The minimum atomic E-state index is -0.699. The number of aliphatic carboxylic acids is 1. The summed E-state index contributed by atoms with van der Waals surface area (Å²) in [5.74, 6) is 0.0979. The fourth-order valence-electron chi connectivity index (χ4n) is 3.26. The SMILES string of the molecule is O=C(O)CCCCCCCc1cccc(-c2ncoc2-c2ccccc2)c1. The Kier molecular flexibility index (Phi) is 6.80. The molecule has 3 rings (SSSR count). The van der Waals surface area contributed by atoms with Gasteiger partial charge in [-0.2, -0.15) is 0 Å². The van der Waals surface area contributed by atoms with Crippen LogP contribution < -0.4 is 0 Å². The highest BCUT2D eigenvalue weighted by Crippen LogP contribution is 2.31. The Bertz CT molecular complexity index is 855. The molecule has 0 unspecified atom stereocenters. The molecule has 1 aromatic heterocycles. The molecule has 0 atom stereocenters. The largest absolute Gasteiger partial charge is 0.481 e. The normalized spacial score (nSPS) is 10.8. The molecular formula is C23H25NO3. The molecule has 0 saturated carbocycles. The van der Waals surface area contributed by atoms with E-state index in [1.54, 1.807) is 0 Å². The smallest absolute Gasteiger partial charge is 0.303 e. The van der Waals surface area contributed by atoms with E-state index in [2.05, 4.69) is 29.2 Å². The van der Waals surface area contributed by atoms with Gasteiger partial charge in [-0.3, -0.25) is 4.79 Å². The standard InChI is InChI=1S/C23H25NO3/c25-21(26)15-8-3-1-2-5-10-18-11-9-14-20(16-18)22-23(27-17-24-22)19-12-6-4-7-13-19/h4,6-7,9,11-14,16-17H,1-3,5,8,10,15H2,(H,25,26). The number of carboxylic acid groups (broad SMARTS) is 1. The predicted molar refractivity (Wildman–Crippen MR) is 106 cm³/mol. The quantitative estimate of drug-likeness (QED) is 0.450. The van der Waals surface area contributed by atoms with E-state index >= 15 is 0 Å². The van der Waals surface area contributed by atoms with Crippen LogP contribution in [-0.2, 0) is 11.2 Å². The van der Waals surface area contributed by atoms with Crippen LogP contribution in [0.15, 0.2) is 65.4 Å². The summed E-state index contributed by atoms with van der Waals surface area (Å²) in [6.45, 7) is 0. The molecule has 0 aliphatic carbocycles. The van der Waals surface area contributed by atoms with Crippen molar-refractivity contribution in [2.45, 2.75) is 44.9 Å². The second-order valence-electron chi connectivity index (χ2n) is 6.76. The number of hydrogen-bond acceptors (Lipinski definition) is 3. The molecule has 0 bridgehead atoms. The van der Waals surface area contributed by atoms with Gasteiger partial charge in [0, 0.05) is 17.5 Å². The lowest BCUT2D eigenvalue weighted by molar-refractivity contribution is -0.137. The predicted octanol–water partition coefficient (Wildman–Crippen LogP) is 5.98. The number of oxazole rings is 1. The Morgan fingerprint density at radius 2 is 1.63 bits per heavy atom. The second-order valence-corrected chi connectivity index (χ2v) is 6.76. The maximum Gasteiger partial charge on any atom is 0.303 e. The van der Waals surface area contributed by atoms with Crippen molar-refractivity contribution >= 4 is 5.97 Å². The Morgan fingerprint density at radius 3 is 2.44 bits per heavy atom. The Labute approximate surface area is 159 Å². The van der Waals surface area contributed by atoms with E-state index in [1.807, 2.05) is 30.3 Å². The Morgan fingerprint density at radius 1 is 0.889 bits per heavy atom. The highest BCUT2D eigenvalue weighted by molar-refractivity contribution is 5.76. The molecule has 0 amide bonds. The van der Waals surface area contributed by atoms with E-state index in [0.717, 1.165) is 61.1 Å². The first kappa shape index (κ1) is 18.9. The average molecular weight is 363 g/mol. The first-order valence-electron chi connectivity index (χ1n) is 9.54. The van der Waals surface area contributed by atoms with Crippen LogP contribution in [0, 0.1) is 0 Å². The number of carbonyl (C=O) groups is 1. The van der Waals surface area contributed by atoms with Gasteiger partial charge in [0.15, 0.2) is 12.2 Å². The van der Waals surface area contributed by atoms with Gasteiger partial charge in [0.25, 0.3) is 0 Å². The summed E-state index contributed by atoms with van der Waals surface area (Å²) in [6.07, 6.45) is 7.90. The summed E-state index contributed by atoms with van der Waals surface area (Å²) >= 11 is 0. The zero-order valence-electron chi connectivity index (χ0n) is 15.4. The van der Waals surface area contributed by atoms with E-state index < -0.39 is 5.97 Å². The molecule has 27 heavy (non-hydrogen) atoms. The molecule has 2 aromatic carbocycles. The highest BCUT2D eigenvalue weighted by atomic mass is 16.4. The zero-order valence-corrected chi connectivity index (χ0v) is 15.4. The van der Waals surface area contributed by atoms with Crippen LogP contribution in [0.25, 0.3) is 22.6 Å². The van der Waals surface area contributed by atoms with E-state index in [1.165, 1.54) is 12.0 Å². The third kappa shape index (κ3) is 5.55. The van der Waals surface area contributed by atoms with E-state index in [0.29, 0.717) is 0 Å². The molecule has 1 heterocycles. The number of aryl methyl sites for hydroxylation is 1. The van der Waals surface area contributed by atoms with Crippen molar-refractivity contribution in [2.75, 3.05) is 0 Å². The van der Waals surface area contributed by atoms with Crippen LogP contribution in [0.2, 0.25) is 0 Å². The van der Waals surface area contributed by atoms with Crippen molar-refractivity contribution in [3.05, 3.63) is 66.6 Å². The van der Waals surface area contributed by atoms with Gasteiger partial charge in [-0.25, -0.2) is 4.98 Å². The van der Waals surface area contributed by atoms with Crippen LogP contribution in [0.5, 0.6) is 0 Å². The number of unbranched alkanes of at least 4 members (excludes halogenated alkanes) is 4. The summed E-state index contributed by atoms with van der Waals surface area (Å²) in [5, 5.41) is 8.65.